The molecular formula is C29H30FN3O3. The minimum absolute atomic E-state index is 0.130. The van der Waals surface area contributed by atoms with E-state index in [4.69, 9.17) is 14.5 Å². The molecule has 0 aliphatic carbocycles. The maximum absolute atomic E-state index is 14.0. The Labute approximate surface area is 210 Å². The monoisotopic (exact) mass is 487 g/mol. The fourth-order valence-corrected chi connectivity index (χ4v) is 5.08. The van der Waals surface area contributed by atoms with Gasteiger partial charge in [0.25, 0.3) is 0 Å². The topological polar surface area (TPSA) is 56.6 Å². The van der Waals surface area contributed by atoms with Gasteiger partial charge < -0.3 is 18.9 Å². The van der Waals surface area contributed by atoms with E-state index in [2.05, 4.69) is 4.57 Å². The third-order valence-electron chi connectivity index (χ3n) is 6.96. The quantitative estimate of drug-likeness (QED) is 0.360. The highest BCUT2D eigenvalue weighted by atomic mass is 19.1. The van der Waals surface area contributed by atoms with Gasteiger partial charge in [-0.05, 0) is 48.7 Å². The first-order valence-corrected chi connectivity index (χ1v) is 12.2. The molecule has 1 amide bonds. The smallest absolute Gasteiger partial charge is 0.226 e. The molecule has 0 N–H and O–H groups in total. The average molecular weight is 488 g/mol. The van der Waals surface area contributed by atoms with E-state index in [9.17, 15) is 9.18 Å². The predicted octanol–water partition coefficient (Wildman–Crippen LogP) is 5.19. The number of hydrogen-bond acceptors (Lipinski definition) is 4. The Balaban J connectivity index is 1.35. The molecule has 0 unspecified atom stereocenters. The maximum atomic E-state index is 14.0. The number of imidazole rings is 1. The zero-order valence-corrected chi connectivity index (χ0v) is 20.6. The number of para-hydroxylation sites is 1. The van der Waals surface area contributed by atoms with E-state index in [0.717, 1.165) is 46.8 Å². The Morgan fingerprint density at radius 2 is 1.75 bits per heavy atom. The highest BCUT2D eigenvalue weighted by Gasteiger charge is 2.27. The summed E-state index contributed by atoms with van der Waals surface area (Å²) in [5, 5.41) is 0. The van der Waals surface area contributed by atoms with Gasteiger partial charge in [-0.1, -0.05) is 30.3 Å². The first-order valence-electron chi connectivity index (χ1n) is 12.2. The SMILES string of the molecule is COc1ccc(CC(=O)N2CCC(n3c(Cc4ccccc4OC)nc4cc(F)ccc43)CC2)cc1. The summed E-state index contributed by atoms with van der Waals surface area (Å²) in [5.41, 5.74) is 3.58. The van der Waals surface area contributed by atoms with Crippen molar-refractivity contribution < 1.29 is 18.7 Å². The van der Waals surface area contributed by atoms with Crippen molar-refractivity contribution >= 4 is 16.9 Å². The van der Waals surface area contributed by atoms with Crippen LogP contribution in [0.3, 0.4) is 0 Å². The van der Waals surface area contributed by atoms with E-state index in [1.165, 1.54) is 12.1 Å². The number of carbonyl (C=O) groups excluding carboxylic acids is 1. The van der Waals surface area contributed by atoms with Crippen LogP contribution in [0.2, 0.25) is 0 Å². The summed E-state index contributed by atoms with van der Waals surface area (Å²) in [6.45, 7) is 1.35. The van der Waals surface area contributed by atoms with Crippen LogP contribution in [0.5, 0.6) is 11.5 Å². The number of aromatic nitrogens is 2. The summed E-state index contributed by atoms with van der Waals surface area (Å²) < 4.78 is 27.0. The number of carbonyl (C=O) groups is 1. The number of nitrogens with zero attached hydrogens (tertiary/aromatic N) is 3. The number of ether oxygens (including phenoxy) is 2. The minimum Gasteiger partial charge on any atom is -0.497 e. The second-order valence-corrected chi connectivity index (χ2v) is 9.16. The van der Waals surface area contributed by atoms with E-state index in [1.807, 2.05) is 59.5 Å². The molecule has 0 saturated carbocycles. The number of methoxy groups -OCH3 is 2. The van der Waals surface area contributed by atoms with Crippen molar-refractivity contribution in [3.8, 4) is 11.5 Å². The Bertz CT molecular complexity index is 1360. The Morgan fingerprint density at radius 1 is 1.00 bits per heavy atom. The van der Waals surface area contributed by atoms with E-state index >= 15 is 0 Å². The fraction of sp³-hybridized carbons (Fsp3) is 0.310. The third-order valence-corrected chi connectivity index (χ3v) is 6.96. The van der Waals surface area contributed by atoms with Crippen LogP contribution in [0, 0.1) is 5.82 Å². The van der Waals surface area contributed by atoms with Crippen molar-refractivity contribution in [2.75, 3.05) is 27.3 Å². The second-order valence-electron chi connectivity index (χ2n) is 9.16. The molecule has 0 atom stereocenters. The van der Waals surface area contributed by atoms with Gasteiger partial charge in [-0.25, -0.2) is 9.37 Å². The predicted molar refractivity (Wildman–Crippen MR) is 137 cm³/mol. The minimum atomic E-state index is -0.296. The van der Waals surface area contributed by atoms with E-state index in [0.29, 0.717) is 31.4 Å². The fourth-order valence-electron chi connectivity index (χ4n) is 5.08. The molecule has 0 radical (unpaired) electrons. The molecule has 1 saturated heterocycles. The van der Waals surface area contributed by atoms with Gasteiger partial charge in [0.1, 0.15) is 23.1 Å². The van der Waals surface area contributed by atoms with Crippen LogP contribution >= 0.6 is 0 Å². The van der Waals surface area contributed by atoms with Crippen molar-refractivity contribution in [1.29, 1.82) is 0 Å². The largest absolute Gasteiger partial charge is 0.497 e. The first kappa shape index (κ1) is 23.9. The molecule has 1 aromatic heterocycles. The molecule has 36 heavy (non-hydrogen) atoms. The summed E-state index contributed by atoms with van der Waals surface area (Å²) in [5.74, 6) is 2.30. The number of hydrogen-bond donors (Lipinski definition) is 0. The molecule has 3 aromatic carbocycles. The number of benzene rings is 3. The molecule has 5 rings (SSSR count). The van der Waals surface area contributed by atoms with Crippen LogP contribution in [0.4, 0.5) is 4.39 Å². The molecular weight excluding hydrogens is 457 g/mol. The average Bonchev–Trinajstić information content (AvgIpc) is 3.26. The zero-order valence-electron chi connectivity index (χ0n) is 20.6. The van der Waals surface area contributed by atoms with Crippen molar-refractivity contribution in [2.45, 2.75) is 31.7 Å². The summed E-state index contributed by atoms with van der Waals surface area (Å²) >= 11 is 0. The van der Waals surface area contributed by atoms with Crippen molar-refractivity contribution in [3.05, 3.63) is 89.5 Å². The van der Waals surface area contributed by atoms with Crippen LogP contribution in [-0.2, 0) is 17.6 Å². The van der Waals surface area contributed by atoms with Crippen LogP contribution in [0.15, 0.2) is 66.7 Å². The molecule has 0 bridgehead atoms. The number of likely N-dealkylation sites (tertiary alicyclic amines) is 1. The number of rotatable bonds is 7. The Kier molecular flexibility index (Phi) is 6.89. The number of piperidine rings is 1. The lowest BCUT2D eigenvalue weighted by Gasteiger charge is -2.34. The summed E-state index contributed by atoms with van der Waals surface area (Å²) in [4.78, 5) is 19.7. The van der Waals surface area contributed by atoms with Crippen molar-refractivity contribution in [2.24, 2.45) is 0 Å². The molecule has 1 fully saturated rings. The van der Waals surface area contributed by atoms with Gasteiger partial charge in [0.15, 0.2) is 0 Å². The molecule has 186 valence electrons. The molecule has 7 heteroatoms. The van der Waals surface area contributed by atoms with Crippen LogP contribution in [-0.4, -0.2) is 47.7 Å². The molecule has 1 aliphatic heterocycles. The molecule has 1 aliphatic rings. The number of fused-ring (bicyclic) bond motifs is 1. The maximum Gasteiger partial charge on any atom is 0.226 e. The summed E-state index contributed by atoms with van der Waals surface area (Å²) in [6, 6.07) is 20.5. The highest BCUT2D eigenvalue weighted by Crippen LogP contribution is 2.32. The summed E-state index contributed by atoms with van der Waals surface area (Å²) in [7, 11) is 3.29. The van der Waals surface area contributed by atoms with Gasteiger partial charge in [0.2, 0.25) is 5.91 Å². The number of halogens is 1. The van der Waals surface area contributed by atoms with Gasteiger partial charge in [-0.2, -0.15) is 0 Å². The van der Waals surface area contributed by atoms with Crippen LogP contribution in [0.25, 0.3) is 11.0 Å². The number of amides is 1. The third kappa shape index (κ3) is 4.91. The lowest BCUT2D eigenvalue weighted by atomic mass is 10.0. The van der Waals surface area contributed by atoms with Gasteiger partial charge >= 0.3 is 0 Å². The van der Waals surface area contributed by atoms with Gasteiger partial charge in [0, 0.05) is 37.2 Å². The van der Waals surface area contributed by atoms with E-state index in [1.54, 1.807) is 14.2 Å². The first-order chi connectivity index (χ1) is 17.6. The molecule has 4 aromatic rings. The normalized spacial score (nSPS) is 14.2. The Morgan fingerprint density at radius 3 is 2.47 bits per heavy atom. The lowest BCUT2D eigenvalue weighted by Crippen LogP contribution is -2.40. The lowest BCUT2D eigenvalue weighted by molar-refractivity contribution is -0.131. The summed E-state index contributed by atoms with van der Waals surface area (Å²) in [6.07, 6.45) is 2.59. The highest BCUT2D eigenvalue weighted by molar-refractivity contribution is 5.79. The van der Waals surface area contributed by atoms with E-state index in [-0.39, 0.29) is 17.8 Å². The molecule has 2 heterocycles. The van der Waals surface area contributed by atoms with Crippen molar-refractivity contribution in [1.82, 2.24) is 14.5 Å². The molecule has 0 spiro atoms. The van der Waals surface area contributed by atoms with Crippen LogP contribution < -0.4 is 9.47 Å². The second kappa shape index (κ2) is 10.4. The van der Waals surface area contributed by atoms with Crippen molar-refractivity contribution in [3.63, 3.8) is 0 Å². The van der Waals surface area contributed by atoms with Gasteiger partial charge in [-0.3, -0.25) is 4.79 Å². The van der Waals surface area contributed by atoms with Crippen LogP contribution in [0.1, 0.15) is 35.8 Å². The molecule has 6 nitrogen and oxygen atoms in total. The zero-order chi connectivity index (χ0) is 25.1. The van der Waals surface area contributed by atoms with E-state index < -0.39 is 0 Å². The Hall–Kier alpha value is -3.87. The standard InChI is InChI=1S/C29H30FN3O3/c1-35-24-10-7-20(8-11-24)17-29(34)32-15-13-23(14-16-32)33-26-12-9-22(30)19-25(26)31-28(33)18-21-5-3-4-6-27(21)36-2/h3-12,19,23H,13-18H2,1-2H3. The van der Waals surface area contributed by atoms with Gasteiger partial charge in [0.05, 0.1) is 31.7 Å². The van der Waals surface area contributed by atoms with Gasteiger partial charge in [-0.15, -0.1) is 0 Å².